The molecular formula is C38H36BClF2N10O4. The topological polar surface area (TPSA) is 148 Å². The normalized spacial score (nSPS) is 14.6. The molecule has 0 amide bonds. The van der Waals surface area contributed by atoms with E-state index < -0.39 is 24.3 Å². The van der Waals surface area contributed by atoms with E-state index >= 15 is 0 Å². The third-order valence-electron chi connectivity index (χ3n) is 9.45. The second-order valence-corrected chi connectivity index (χ2v) is 14.8. The van der Waals surface area contributed by atoms with Crippen molar-refractivity contribution in [2.75, 3.05) is 0 Å². The molecule has 14 nitrogen and oxygen atoms in total. The molecule has 8 aromatic heterocycles. The fourth-order valence-corrected chi connectivity index (χ4v) is 6.15. The van der Waals surface area contributed by atoms with E-state index in [0.29, 0.717) is 22.7 Å². The molecular weight excluding hydrogens is 745 g/mol. The van der Waals surface area contributed by atoms with Crippen LogP contribution in [0.5, 0.6) is 0 Å². The maximum Gasteiger partial charge on any atom is 0.516 e. The van der Waals surface area contributed by atoms with Gasteiger partial charge in [0, 0.05) is 24.5 Å². The Kier molecular flexibility index (Phi) is 9.80. The van der Waals surface area contributed by atoms with Crippen molar-refractivity contribution in [1.82, 2.24) is 48.0 Å². The number of aromatic nitrogens is 10. The van der Waals surface area contributed by atoms with E-state index in [1.807, 2.05) is 79.9 Å². The van der Waals surface area contributed by atoms with Gasteiger partial charge in [-0.15, -0.1) is 0 Å². The van der Waals surface area contributed by atoms with Gasteiger partial charge in [-0.3, -0.25) is 18.4 Å². The summed E-state index contributed by atoms with van der Waals surface area (Å²) in [7, 11) is -0.439. The van der Waals surface area contributed by atoms with Crippen molar-refractivity contribution >= 4 is 46.9 Å². The number of rotatable bonds is 2. The van der Waals surface area contributed by atoms with Crippen LogP contribution >= 0.6 is 11.6 Å². The standard InChI is InChI=1S/C16H12FN5O.C14H20BN3O2.C8H4ClFN2O/c1-9-5-13(20-22-7-10(2)18-16(9)22)12-6-15(23)21-8-11(17)3-4-14(21)19-12;1-9-7-11(17-18-8-10(2)16-12(9)18)15-19-13(3,4)14(5,6)20-15;9-6-3-8(13)12-4-5(10)1-2-7(12)11-6/h3-8H,1-2H3;7-8H,1-6H3;1-4H. The Bertz CT molecular complexity index is 2930. The number of hydrogen-bond acceptors (Lipinski definition) is 10. The van der Waals surface area contributed by atoms with Crippen molar-refractivity contribution in [3.05, 3.63) is 133 Å². The summed E-state index contributed by atoms with van der Waals surface area (Å²) in [6, 6.07) is 11.7. The lowest BCUT2D eigenvalue weighted by Gasteiger charge is -2.32. The fourth-order valence-electron chi connectivity index (χ4n) is 5.97. The van der Waals surface area contributed by atoms with Gasteiger partial charge < -0.3 is 9.31 Å². The lowest BCUT2D eigenvalue weighted by atomic mass is 9.84. The number of fused-ring (bicyclic) bond motifs is 4. The van der Waals surface area contributed by atoms with E-state index in [9.17, 15) is 18.4 Å². The molecule has 0 aliphatic carbocycles. The van der Waals surface area contributed by atoms with Crippen LogP contribution in [0.1, 0.15) is 50.2 Å². The molecule has 0 unspecified atom stereocenters. The highest BCUT2D eigenvalue weighted by Gasteiger charge is 2.52. The van der Waals surface area contributed by atoms with Crippen LogP contribution in [0, 0.1) is 39.3 Å². The summed E-state index contributed by atoms with van der Waals surface area (Å²) in [5, 5.41) is 9.14. The van der Waals surface area contributed by atoms with E-state index in [2.05, 4.69) is 30.1 Å². The maximum absolute atomic E-state index is 13.3. The predicted molar refractivity (Wildman–Crippen MR) is 207 cm³/mol. The molecule has 1 saturated heterocycles. The van der Waals surface area contributed by atoms with E-state index in [0.717, 1.165) is 62.3 Å². The summed E-state index contributed by atoms with van der Waals surface area (Å²) in [5.41, 5.74) is 6.50. The van der Waals surface area contributed by atoms with Crippen molar-refractivity contribution < 1.29 is 18.1 Å². The Morgan fingerprint density at radius 1 is 0.625 bits per heavy atom. The molecule has 0 saturated carbocycles. The maximum atomic E-state index is 13.3. The van der Waals surface area contributed by atoms with Crippen LogP contribution in [-0.2, 0) is 9.31 Å². The molecule has 9 heterocycles. The Hall–Kier alpha value is -5.91. The van der Waals surface area contributed by atoms with Crippen LogP contribution in [0.2, 0.25) is 5.15 Å². The lowest BCUT2D eigenvalue weighted by molar-refractivity contribution is 0.00578. The first-order valence-electron chi connectivity index (χ1n) is 17.4. The van der Waals surface area contributed by atoms with Gasteiger partial charge in [0.2, 0.25) is 0 Å². The fraction of sp³-hybridized carbons (Fsp3) is 0.263. The third kappa shape index (κ3) is 7.52. The number of pyridine rings is 2. The monoisotopic (exact) mass is 780 g/mol. The number of aryl methyl sites for hydroxylation is 4. The first-order valence-corrected chi connectivity index (χ1v) is 17.8. The summed E-state index contributed by atoms with van der Waals surface area (Å²) >= 11 is 5.55. The van der Waals surface area contributed by atoms with Crippen LogP contribution in [0.3, 0.4) is 0 Å². The Labute approximate surface area is 323 Å². The van der Waals surface area contributed by atoms with Gasteiger partial charge in [-0.25, -0.2) is 37.7 Å². The van der Waals surface area contributed by atoms with Crippen LogP contribution in [0.4, 0.5) is 8.78 Å². The van der Waals surface area contributed by atoms with Crippen molar-refractivity contribution in [3.8, 4) is 11.4 Å². The van der Waals surface area contributed by atoms with Crippen LogP contribution in [-0.4, -0.2) is 66.3 Å². The van der Waals surface area contributed by atoms with Gasteiger partial charge in [0.1, 0.15) is 33.8 Å². The third-order valence-corrected chi connectivity index (χ3v) is 9.65. The van der Waals surface area contributed by atoms with Gasteiger partial charge in [-0.2, -0.15) is 10.2 Å². The van der Waals surface area contributed by atoms with Crippen LogP contribution in [0.15, 0.2) is 82.9 Å². The Morgan fingerprint density at radius 2 is 1.12 bits per heavy atom. The van der Waals surface area contributed by atoms with Crippen molar-refractivity contribution in [2.24, 2.45) is 0 Å². The zero-order valence-corrected chi connectivity index (χ0v) is 32.5. The van der Waals surface area contributed by atoms with Gasteiger partial charge in [-0.1, -0.05) is 11.6 Å². The highest BCUT2D eigenvalue weighted by molar-refractivity contribution is 6.61. The van der Waals surface area contributed by atoms with E-state index in [1.165, 1.54) is 34.7 Å². The molecule has 0 atom stereocenters. The van der Waals surface area contributed by atoms with E-state index in [-0.39, 0.29) is 21.9 Å². The van der Waals surface area contributed by atoms with Crippen molar-refractivity contribution in [3.63, 3.8) is 0 Å². The zero-order chi connectivity index (χ0) is 40.3. The van der Waals surface area contributed by atoms with E-state index in [4.69, 9.17) is 20.9 Å². The first kappa shape index (κ1) is 38.4. The molecule has 0 bridgehead atoms. The summed E-state index contributed by atoms with van der Waals surface area (Å²) in [5.74, 6) is -0.975. The number of halogens is 3. The predicted octanol–water partition coefficient (Wildman–Crippen LogP) is 5.29. The molecule has 1 aliphatic rings. The van der Waals surface area contributed by atoms with E-state index in [1.54, 1.807) is 9.03 Å². The molecule has 0 radical (unpaired) electrons. The largest absolute Gasteiger partial charge is 0.516 e. The average molecular weight is 781 g/mol. The highest BCUT2D eigenvalue weighted by atomic mass is 35.5. The van der Waals surface area contributed by atoms with Gasteiger partial charge in [-0.05, 0) is 103 Å². The quantitative estimate of drug-likeness (QED) is 0.167. The van der Waals surface area contributed by atoms with Crippen LogP contribution < -0.4 is 16.7 Å². The Balaban J connectivity index is 0.000000134. The van der Waals surface area contributed by atoms with Crippen molar-refractivity contribution in [1.29, 1.82) is 0 Å². The molecule has 1 aliphatic heterocycles. The number of imidazole rings is 2. The molecule has 18 heteroatoms. The number of hydrogen-bond donors (Lipinski definition) is 0. The minimum Gasteiger partial charge on any atom is -0.398 e. The SMILES string of the molecule is Cc1cn2nc(-c3cc(=O)n4cc(F)ccc4n3)cc(C)c2n1.Cc1cn2nc(B3OC(C)(C)C(C)(C)O3)cc(C)c2n1.O=c1cc(Cl)nc2ccc(F)cn12. The van der Waals surface area contributed by atoms with Crippen molar-refractivity contribution in [2.45, 2.75) is 66.6 Å². The minimum atomic E-state index is -0.488. The van der Waals surface area contributed by atoms with Gasteiger partial charge in [0.25, 0.3) is 11.1 Å². The molecule has 56 heavy (non-hydrogen) atoms. The summed E-state index contributed by atoms with van der Waals surface area (Å²) in [6.07, 6.45) is 5.92. The molecule has 9 rings (SSSR count). The zero-order valence-electron chi connectivity index (χ0n) is 31.7. The van der Waals surface area contributed by atoms with Gasteiger partial charge >= 0.3 is 7.12 Å². The molecule has 0 N–H and O–H groups in total. The summed E-state index contributed by atoms with van der Waals surface area (Å²) in [6.45, 7) is 16.0. The lowest BCUT2D eigenvalue weighted by Crippen LogP contribution is -2.41. The molecule has 0 spiro atoms. The summed E-state index contributed by atoms with van der Waals surface area (Å²) < 4.78 is 43.8. The minimum absolute atomic E-state index is 0.108. The summed E-state index contributed by atoms with van der Waals surface area (Å²) in [4.78, 5) is 40.5. The second kappa shape index (κ2) is 14.3. The molecule has 0 aromatic carbocycles. The first-order chi connectivity index (χ1) is 26.4. The molecule has 8 aromatic rings. The average Bonchev–Trinajstić information content (AvgIpc) is 3.76. The second-order valence-electron chi connectivity index (χ2n) is 14.4. The smallest absolute Gasteiger partial charge is 0.398 e. The molecule has 286 valence electrons. The highest BCUT2D eigenvalue weighted by Crippen LogP contribution is 2.36. The molecule has 1 fully saturated rings. The van der Waals surface area contributed by atoms with Gasteiger partial charge in [0.15, 0.2) is 11.3 Å². The van der Waals surface area contributed by atoms with Gasteiger partial charge in [0.05, 0.1) is 46.3 Å². The Morgan fingerprint density at radius 3 is 1.70 bits per heavy atom. The number of nitrogens with zero attached hydrogens (tertiary/aromatic N) is 10. The van der Waals surface area contributed by atoms with Crippen LogP contribution in [0.25, 0.3) is 34.0 Å².